The molecule has 2 N–H and O–H groups in total. The third-order valence-electron chi connectivity index (χ3n) is 5.54. The Kier molecular flexibility index (Phi) is 9.41. The van der Waals surface area contributed by atoms with Crippen molar-refractivity contribution in [3.63, 3.8) is 0 Å². The molecular weight excluding hydrogens is 535 g/mol. The summed E-state index contributed by atoms with van der Waals surface area (Å²) in [5.41, 5.74) is 3.14. The number of aromatic nitrogens is 3. The Balaban J connectivity index is 1.38. The standard InChI is InChI=1S/C27H25Cl3N4O3/c28-20-6-1-4-18(12-20)13-21(17-35)32-26(36)7-3-11-37-27-15-25(19-5-2-10-31-16-19)33-34(27)22-8-9-23(29)24(30)14-22/h1-2,4-6,8-10,12,14-16,21,35H,3,7,11,13,17H2,(H,32,36)/t21-/m0/s1. The normalized spacial score (nSPS) is 11.8. The van der Waals surface area contributed by atoms with Gasteiger partial charge in [0.15, 0.2) is 0 Å². The van der Waals surface area contributed by atoms with Crippen LogP contribution in [-0.2, 0) is 11.2 Å². The first-order valence-electron chi connectivity index (χ1n) is 11.7. The highest BCUT2D eigenvalue weighted by Crippen LogP contribution is 2.29. The number of nitrogens with one attached hydrogen (secondary N) is 1. The number of pyridine rings is 1. The van der Waals surface area contributed by atoms with E-state index in [1.165, 1.54) is 0 Å². The van der Waals surface area contributed by atoms with Gasteiger partial charge in [0, 0.05) is 35.5 Å². The summed E-state index contributed by atoms with van der Waals surface area (Å²) in [4.78, 5) is 16.6. The molecule has 0 spiro atoms. The van der Waals surface area contributed by atoms with Crippen LogP contribution in [0.1, 0.15) is 18.4 Å². The fourth-order valence-electron chi connectivity index (χ4n) is 3.74. The van der Waals surface area contributed by atoms with Crippen molar-refractivity contribution >= 4 is 40.7 Å². The average Bonchev–Trinajstić information content (AvgIpc) is 3.32. The lowest BCUT2D eigenvalue weighted by Crippen LogP contribution is -2.39. The number of hydrogen-bond donors (Lipinski definition) is 2. The van der Waals surface area contributed by atoms with Gasteiger partial charge in [0.1, 0.15) is 0 Å². The highest BCUT2D eigenvalue weighted by Gasteiger charge is 2.15. The van der Waals surface area contributed by atoms with Crippen molar-refractivity contribution in [3.8, 4) is 22.8 Å². The average molecular weight is 560 g/mol. The lowest BCUT2D eigenvalue weighted by atomic mass is 10.1. The summed E-state index contributed by atoms with van der Waals surface area (Å²) >= 11 is 18.3. The number of aliphatic hydroxyl groups excluding tert-OH is 1. The van der Waals surface area contributed by atoms with Crippen LogP contribution >= 0.6 is 34.8 Å². The maximum Gasteiger partial charge on any atom is 0.220 e. The predicted octanol–water partition coefficient (Wildman–Crippen LogP) is 5.77. The third-order valence-corrected chi connectivity index (χ3v) is 6.51. The van der Waals surface area contributed by atoms with Gasteiger partial charge in [-0.05, 0) is 60.9 Å². The topological polar surface area (TPSA) is 89.3 Å². The van der Waals surface area contributed by atoms with Gasteiger partial charge in [0.05, 0.1) is 40.7 Å². The van der Waals surface area contributed by atoms with Gasteiger partial charge in [-0.25, -0.2) is 4.68 Å². The molecular formula is C27H25Cl3N4O3. The minimum Gasteiger partial charge on any atom is -0.478 e. The molecule has 1 atom stereocenters. The van der Waals surface area contributed by atoms with E-state index in [1.807, 2.05) is 36.4 Å². The maximum absolute atomic E-state index is 12.5. The summed E-state index contributed by atoms with van der Waals surface area (Å²) in [6.45, 7) is 0.111. The van der Waals surface area contributed by atoms with Gasteiger partial charge in [-0.2, -0.15) is 5.10 Å². The van der Waals surface area contributed by atoms with Crippen molar-refractivity contribution in [3.05, 3.63) is 93.7 Å². The van der Waals surface area contributed by atoms with Crippen LogP contribution in [0.5, 0.6) is 5.88 Å². The molecule has 4 aromatic rings. The van der Waals surface area contributed by atoms with E-state index in [0.29, 0.717) is 45.2 Å². The molecule has 1 amide bonds. The molecule has 0 saturated heterocycles. The van der Waals surface area contributed by atoms with E-state index in [9.17, 15) is 9.90 Å². The van der Waals surface area contributed by atoms with Gasteiger partial charge in [-0.1, -0.05) is 46.9 Å². The van der Waals surface area contributed by atoms with E-state index in [-0.39, 0.29) is 25.5 Å². The predicted molar refractivity (Wildman–Crippen MR) is 146 cm³/mol. The third kappa shape index (κ3) is 7.46. The van der Waals surface area contributed by atoms with Crippen LogP contribution in [0.15, 0.2) is 73.1 Å². The van der Waals surface area contributed by atoms with Crippen LogP contribution in [0, 0.1) is 0 Å². The van der Waals surface area contributed by atoms with Crippen LogP contribution in [0.2, 0.25) is 15.1 Å². The first kappa shape index (κ1) is 26.9. The summed E-state index contributed by atoms with van der Waals surface area (Å²) in [6.07, 6.45) is 4.60. The molecule has 4 rings (SSSR count). The SMILES string of the molecule is O=C(CCCOc1cc(-c2cccnc2)nn1-c1ccc(Cl)c(Cl)c1)N[C@H](CO)Cc1cccc(Cl)c1. The number of amides is 1. The molecule has 192 valence electrons. The molecule has 2 heterocycles. The molecule has 10 heteroatoms. The molecule has 0 bridgehead atoms. The van der Waals surface area contributed by atoms with E-state index in [0.717, 1.165) is 11.1 Å². The molecule has 2 aromatic carbocycles. The quantitative estimate of drug-likeness (QED) is 0.228. The second kappa shape index (κ2) is 12.9. The fraction of sp³-hybridized carbons (Fsp3) is 0.222. The number of hydrogen-bond acceptors (Lipinski definition) is 5. The second-order valence-electron chi connectivity index (χ2n) is 8.35. The molecule has 0 radical (unpaired) electrons. The largest absolute Gasteiger partial charge is 0.478 e. The van der Waals surface area contributed by atoms with Crippen LogP contribution < -0.4 is 10.1 Å². The van der Waals surface area contributed by atoms with Crippen molar-refractivity contribution in [1.29, 1.82) is 0 Å². The molecule has 0 aliphatic rings. The van der Waals surface area contributed by atoms with Gasteiger partial charge >= 0.3 is 0 Å². The number of rotatable bonds is 11. The van der Waals surface area contributed by atoms with Gasteiger partial charge in [-0.3, -0.25) is 9.78 Å². The summed E-state index contributed by atoms with van der Waals surface area (Å²) < 4.78 is 7.65. The lowest BCUT2D eigenvalue weighted by molar-refractivity contribution is -0.122. The summed E-state index contributed by atoms with van der Waals surface area (Å²) in [7, 11) is 0. The second-order valence-corrected chi connectivity index (χ2v) is 9.60. The van der Waals surface area contributed by atoms with E-state index in [1.54, 1.807) is 41.3 Å². The summed E-state index contributed by atoms with van der Waals surface area (Å²) in [5, 5.41) is 18.7. The number of aliphatic hydroxyl groups is 1. The Hall–Kier alpha value is -3.10. The molecule has 0 unspecified atom stereocenters. The van der Waals surface area contributed by atoms with Gasteiger partial charge in [-0.15, -0.1) is 0 Å². The van der Waals surface area contributed by atoms with Crippen molar-refractivity contribution < 1.29 is 14.6 Å². The minimum absolute atomic E-state index is 0.168. The Bertz CT molecular complexity index is 1350. The van der Waals surface area contributed by atoms with Crippen LogP contribution in [0.25, 0.3) is 16.9 Å². The molecule has 0 aliphatic carbocycles. The van der Waals surface area contributed by atoms with E-state index in [4.69, 9.17) is 39.5 Å². The lowest BCUT2D eigenvalue weighted by Gasteiger charge is -2.16. The smallest absolute Gasteiger partial charge is 0.220 e. The number of ether oxygens (including phenoxy) is 1. The Morgan fingerprint density at radius 1 is 1.05 bits per heavy atom. The molecule has 37 heavy (non-hydrogen) atoms. The zero-order valence-corrected chi connectivity index (χ0v) is 22.0. The zero-order valence-electron chi connectivity index (χ0n) is 19.8. The summed E-state index contributed by atoms with van der Waals surface area (Å²) in [5.74, 6) is 0.325. The number of halogens is 3. The van der Waals surface area contributed by atoms with E-state index < -0.39 is 6.04 Å². The van der Waals surface area contributed by atoms with Gasteiger partial charge in [0.2, 0.25) is 11.8 Å². The van der Waals surface area contributed by atoms with Crippen molar-refractivity contribution in [2.45, 2.75) is 25.3 Å². The zero-order chi connectivity index (χ0) is 26.2. The van der Waals surface area contributed by atoms with Gasteiger partial charge < -0.3 is 15.2 Å². The van der Waals surface area contributed by atoms with Crippen LogP contribution in [-0.4, -0.2) is 45.0 Å². The first-order valence-corrected chi connectivity index (χ1v) is 12.8. The number of benzene rings is 2. The van der Waals surface area contributed by atoms with E-state index >= 15 is 0 Å². The van der Waals surface area contributed by atoms with Crippen molar-refractivity contribution in [2.24, 2.45) is 0 Å². The highest BCUT2D eigenvalue weighted by atomic mass is 35.5. The molecule has 0 fully saturated rings. The first-order chi connectivity index (χ1) is 17.9. The summed E-state index contributed by atoms with van der Waals surface area (Å²) in [6, 6.07) is 17.7. The highest BCUT2D eigenvalue weighted by molar-refractivity contribution is 6.42. The van der Waals surface area contributed by atoms with Crippen molar-refractivity contribution in [1.82, 2.24) is 20.1 Å². The Labute approximate surface area is 230 Å². The van der Waals surface area contributed by atoms with Crippen molar-refractivity contribution in [2.75, 3.05) is 13.2 Å². The molecule has 0 saturated carbocycles. The number of carbonyl (C=O) groups is 1. The van der Waals surface area contributed by atoms with Gasteiger partial charge in [0.25, 0.3) is 0 Å². The Morgan fingerprint density at radius 3 is 2.65 bits per heavy atom. The number of nitrogens with zero attached hydrogens (tertiary/aromatic N) is 3. The monoisotopic (exact) mass is 558 g/mol. The maximum atomic E-state index is 12.5. The fourth-order valence-corrected chi connectivity index (χ4v) is 4.25. The molecule has 7 nitrogen and oxygen atoms in total. The number of carbonyl (C=O) groups excluding carboxylic acids is 1. The molecule has 2 aromatic heterocycles. The van der Waals surface area contributed by atoms with E-state index in [2.05, 4.69) is 15.4 Å². The van der Waals surface area contributed by atoms with Crippen LogP contribution in [0.4, 0.5) is 0 Å². The Morgan fingerprint density at radius 2 is 1.92 bits per heavy atom. The molecule has 0 aliphatic heterocycles. The van der Waals surface area contributed by atoms with Crippen LogP contribution in [0.3, 0.4) is 0 Å². The minimum atomic E-state index is -0.398.